The molecule has 2 rings (SSSR count). The molecule has 0 unspecified atom stereocenters. The molecule has 2 N–H and O–H groups in total. The normalized spacial score (nSPS) is 9.56. The molecule has 0 aromatic heterocycles. The molecule has 18 heavy (non-hydrogen) atoms. The molecule has 0 heterocycles. The van der Waals surface area contributed by atoms with Gasteiger partial charge in [-0.25, -0.2) is 4.79 Å². The molecular formula is C14H12N2O2. The second-order valence-corrected chi connectivity index (χ2v) is 3.58. The molecule has 1 amide bonds. The first-order chi connectivity index (χ1) is 8.77. The minimum Gasteiger partial charge on any atom is -0.333 e. The number of nitrogens with two attached hydrogens (primary N) is 1. The molecule has 0 saturated heterocycles. The highest BCUT2D eigenvalue weighted by atomic mass is 16.7. The van der Waals surface area contributed by atoms with Crippen molar-refractivity contribution in [1.82, 2.24) is 0 Å². The van der Waals surface area contributed by atoms with Gasteiger partial charge in [0, 0.05) is 11.1 Å². The van der Waals surface area contributed by atoms with Crippen LogP contribution in [0.5, 0.6) is 0 Å². The maximum absolute atomic E-state index is 10.7. The zero-order valence-electron chi connectivity index (χ0n) is 9.61. The number of hydrogen-bond donors (Lipinski definition) is 1. The Morgan fingerprint density at radius 1 is 0.889 bits per heavy atom. The van der Waals surface area contributed by atoms with Crippen molar-refractivity contribution in [2.75, 3.05) is 0 Å². The number of primary amides is 1. The van der Waals surface area contributed by atoms with Crippen LogP contribution in [0, 0.1) is 0 Å². The predicted octanol–water partition coefficient (Wildman–Crippen LogP) is 2.53. The highest BCUT2D eigenvalue weighted by Gasteiger charge is 2.07. The van der Waals surface area contributed by atoms with Crippen molar-refractivity contribution in [3.63, 3.8) is 0 Å². The lowest BCUT2D eigenvalue weighted by atomic mass is 10.0. The van der Waals surface area contributed by atoms with E-state index in [1.165, 1.54) is 0 Å². The van der Waals surface area contributed by atoms with Crippen molar-refractivity contribution in [2.24, 2.45) is 10.9 Å². The number of benzene rings is 2. The van der Waals surface area contributed by atoms with E-state index in [0.717, 1.165) is 11.1 Å². The van der Waals surface area contributed by atoms with Crippen LogP contribution in [0.25, 0.3) is 0 Å². The highest BCUT2D eigenvalue weighted by molar-refractivity contribution is 6.12. The standard InChI is InChI=1S/C14H12N2O2/c15-14(17)18-16-13(11-7-3-1-4-8-11)12-9-5-2-6-10-12/h1-10H,(H2,15,17). The largest absolute Gasteiger partial charge is 0.430 e. The summed E-state index contributed by atoms with van der Waals surface area (Å²) in [5.41, 5.74) is 7.20. The Labute approximate surface area is 105 Å². The zero-order valence-corrected chi connectivity index (χ0v) is 9.61. The maximum Gasteiger partial charge on any atom is 0.430 e. The summed E-state index contributed by atoms with van der Waals surface area (Å²) in [5.74, 6) is 0. The third-order valence-corrected chi connectivity index (χ3v) is 2.32. The van der Waals surface area contributed by atoms with Crippen molar-refractivity contribution >= 4 is 11.8 Å². The molecule has 0 saturated carbocycles. The van der Waals surface area contributed by atoms with Gasteiger partial charge < -0.3 is 5.73 Å². The van der Waals surface area contributed by atoms with E-state index in [1.807, 2.05) is 60.7 Å². The summed E-state index contributed by atoms with van der Waals surface area (Å²) in [6.07, 6.45) is -0.931. The highest BCUT2D eigenvalue weighted by Crippen LogP contribution is 2.11. The molecule has 4 nitrogen and oxygen atoms in total. The Morgan fingerprint density at radius 2 is 1.33 bits per heavy atom. The average molecular weight is 240 g/mol. The average Bonchev–Trinajstić information content (AvgIpc) is 2.41. The second-order valence-electron chi connectivity index (χ2n) is 3.58. The van der Waals surface area contributed by atoms with Gasteiger partial charge in [-0.1, -0.05) is 65.8 Å². The van der Waals surface area contributed by atoms with Crippen LogP contribution >= 0.6 is 0 Å². The number of rotatable bonds is 3. The number of carbonyl (C=O) groups excluding carboxylic acids is 1. The van der Waals surface area contributed by atoms with Crippen molar-refractivity contribution in [1.29, 1.82) is 0 Å². The summed E-state index contributed by atoms with van der Waals surface area (Å²) >= 11 is 0. The van der Waals surface area contributed by atoms with Crippen LogP contribution in [0.15, 0.2) is 65.8 Å². The molecule has 0 aliphatic heterocycles. The van der Waals surface area contributed by atoms with E-state index in [9.17, 15) is 4.79 Å². The summed E-state index contributed by atoms with van der Waals surface area (Å²) in [5, 5.41) is 3.81. The van der Waals surface area contributed by atoms with Gasteiger partial charge in [-0.05, 0) is 0 Å². The van der Waals surface area contributed by atoms with Gasteiger partial charge in [0.25, 0.3) is 0 Å². The molecule has 0 aliphatic carbocycles. The fourth-order valence-electron chi connectivity index (χ4n) is 1.55. The fourth-order valence-corrected chi connectivity index (χ4v) is 1.55. The predicted molar refractivity (Wildman–Crippen MR) is 69.2 cm³/mol. The molecular weight excluding hydrogens is 228 g/mol. The fraction of sp³-hybridized carbons (Fsp3) is 0. The van der Waals surface area contributed by atoms with Crippen LogP contribution in [0.4, 0.5) is 4.79 Å². The maximum atomic E-state index is 10.7. The molecule has 4 heteroatoms. The van der Waals surface area contributed by atoms with E-state index in [-0.39, 0.29) is 0 Å². The lowest BCUT2D eigenvalue weighted by molar-refractivity contribution is 0.162. The first-order valence-electron chi connectivity index (χ1n) is 5.42. The summed E-state index contributed by atoms with van der Waals surface area (Å²) in [4.78, 5) is 15.2. The molecule has 0 atom stereocenters. The molecule has 2 aromatic carbocycles. The first-order valence-corrected chi connectivity index (χ1v) is 5.42. The molecule has 90 valence electrons. The van der Waals surface area contributed by atoms with Gasteiger partial charge >= 0.3 is 6.09 Å². The quantitative estimate of drug-likeness (QED) is 0.509. The van der Waals surface area contributed by atoms with Crippen molar-refractivity contribution in [2.45, 2.75) is 0 Å². The second kappa shape index (κ2) is 5.63. The summed E-state index contributed by atoms with van der Waals surface area (Å²) in [7, 11) is 0. The lowest BCUT2D eigenvalue weighted by Gasteiger charge is -2.05. The van der Waals surface area contributed by atoms with E-state index < -0.39 is 6.09 Å². The van der Waals surface area contributed by atoms with Gasteiger partial charge in [0.2, 0.25) is 0 Å². The minimum atomic E-state index is -0.931. The van der Waals surface area contributed by atoms with Crippen LogP contribution in [-0.4, -0.2) is 11.8 Å². The van der Waals surface area contributed by atoms with Gasteiger partial charge in [-0.3, -0.25) is 4.84 Å². The summed E-state index contributed by atoms with van der Waals surface area (Å²) in [6, 6.07) is 18.9. The number of nitrogens with zero attached hydrogens (tertiary/aromatic N) is 1. The zero-order chi connectivity index (χ0) is 12.8. The van der Waals surface area contributed by atoms with Gasteiger partial charge in [0.15, 0.2) is 0 Å². The Morgan fingerprint density at radius 3 is 1.72 bits per heavy atom. The van der Waals surface area contributed by atoms with Gasteiger partial charge in [-0.15, -0.1) is 0 Å². The van der Waals surface area contributed by atoms with Gasteiger partial charge in [0.1, 0.15) is 5.71 Å². The van der Waals surface area contributed by atoms with E-state index in [4.69, 9.17) is 5.73 Å². The third kappa shape index (κ3) is 2.95. The summed E-state index contributed by atoms with van der Waals surface area (Å²) in [6.45, 7) is 0. The van der Waals surface area contributed by atoms with Crippen LogP contribution in [-0.2, 0) is 4.84 Å². The Balaban J connectivity index is 2.42. The SMILES string of the molecule is NC(=O)ON=C(c1ccccc1)c1ccccc1. The number of amides is 1. The molecule has 0 fully saturated rings. The molecule has 0 spiro atoms. The van der Waals surface area contributed by atoms with Crippen LogP contribution in [0.3, 0.4) is 0 Å². The van der Waals surface area contributed by atoms with E-state index >= 15 is 0 Å². The minimum absolute atomic E-state index is 0.565. The molecule has 0 radical (unpaired) electrons. The van der Waals surface area contributed by atoms with Crippen LogP contribution in [0.2, 0.25) is 0 Å². The van der Waals surface area contributed by atoms with Crippen LogP contribution < -0.4 is 5.73 Å². The Bertz CT molecular complexity index is 509. The smallest absolute Gasteiger partial charge is 0.333 e. The molecule has 0 aliphatic rings. The molecule has 0 bridgehead atoms. The van der Waals surface area contributed by atoms with Crippen LogP contribution in [0.1, 0.15) is 11.1 Å². The van der Waals surface area contributed by atoms with E-state index in [1.54, 1.807) is 0 Å². The number of carbonyl (C=O) groups is 1. The Hall–Kier alpha value is -2.62. The number of oxime groups is 1. The van der Waals surface area contributed by atoms with Crippen molar-refractivity contribution in [3.05, 3.63) is 71.8 Å². The third-order valence-electron chi connectivity index (χ3n) is 2.32. The summed E-state index contributed by atoms with van der Waals surface area (Å²) < 4.78 is 0. The molecule has 2 aromatic rings. The van der Waals surface area contributed by atoms with Gasteiger partial charge in [-0.2, -0.15) is 0 Å². The lowest BCUT2D eigenvalue weighted by Crippen LogP contribution is -2.12. The first kappa shape index (κ1) is 11.9. The number of hydrogen-bond acceptors (Lipinski definition) is 3. The topological polar surface area (TPSA) is 64.7 Å². The van der Waals surface area contributed by atoms with E-state index in [0.29, 0.717) is 5.71 Å². The Kier molecular flexibility index (Phi) is 3.71. The van der Waals surface area contributed by atoms with E-state index in [2.05, 4.69) is 9.99 Å². The van der Waals surface area contributed by atoms with Crippen molar-refractivity contribution < 1.29 is 9.63 Å². The van der Waals surface area contributed by atoms with Crippen molar-refractivity contribution in [3.8, 4) is 0 Å². The van der Waals surface area contributed by atoms with Gasteiger partial charge in [0.05, 0.1) is 0 Å². The monoisotopic (exact) mass is 240 g/mol.